The van der Waals surface area contributed by atoms with Crippen LogP contribution in [0.3, 0.4) is 0 Å². The Kier molecular flexibility index (Phi) is 3.62. The van der Waals surface area contributed by atoms with Gasteiger partial charge in [-0.3, -0.25) is 4.79 Å². The molecule has 0 amide bonds. The number of aryl methyl sites for hydroxylation is 1. The number of benzene rings is 1. The summed E-state index contributed by atoms with van der Waals surface area (Å²) in [6, 6.07) is 3.99. The average molecular weight is 314 g/mol. The standard InChI is InChI=1S/C20H26O3/c1-3-23-19-10-15-12(9-18(19)22)4-5-13-14-6-7-17(21)20(14)11(2)8-16(13)15/h9-11,13-14,16,20,22H,3-8H2,1-2H3/t11-,13?,14?,16?,20?/m1/s1. The second kappa shape index (κ2) is 5.54. The number of carbonyl (C=O) groups is 1. The molecule has 2 fully saturated rings. The summed E-state index contributed by atoms with van der Waals surface area (Å²) in [6.07, 6.45) is 5.14. The molecule has 23 heavy (non-hydrogen) atoms. The first-order chi connectivity index (χ1) is 11.1. The van der Waals surface area contributed by atoms with Crippen molar-refractivity contribution in [3.8, 4) is 11.5 Å². The fourth-order valence-electron chi connectivity index (χ4n) is 5.69. The van der Waals surface area contributed by atoms with E-state index in [0.29, 0.717) is 47.7 Å². The highest BCUT2D eigenvalue weighted by molar-refractivity contribution is 5.84. The van der Waals surface area contributed by atoms with Gasteiger partial charge in [0.2, 0.25) is 0 Å². The van der Waals surface area contributed by atoms with E-state index in [1.807, 2.05) is 13.0 Å². The molecule has 1 aromatic rings. The Morgan fingerprint density at radius 2 is 2.00 bits per heavy atom. The molecule has 0 aromatic heterocycles. The highest BCUT2D eigenvalue weighted by Crippen LogP contribution is 2.56. The zero-order chi connectivity index (χ0) is 16.1. The van der Waals surface area contributed by atoms with Crippen molar-refractivity contribution in [2.24, 2.45) is 23.7 Å². The largest absolute Gasteiger partial charge is 0.504 e. The first-order valence-corrected chi connectivity index (χ1v) is 9.11. The van der Waals surface area contributed by atoms with E-state index < -0.39 is 0 Å². The molecule has 3 heteroatoms. The Morgan fingerprint density at radius 3 is 2.78 bits per heavy atom. The van der Waals surface area contributed by atoms with Crippen molar-refractivity contribution < 1.29 is 14.6 Å². The predicted molar refractivity (Wildman–Crippen MR) is 88.8 cm³/mol. The number of hydrogen-bond donors (Lipinski definition) is 1. The lowest BCUT2D eigenvalue weighted by molar-refractivity contribution is -0.124. The van der Waals surface area contributed by atoms with E-state index in [1.54, 1.807) is 0 Å². The Bertz CT molecular complexity index is 636. The van der Waals surface area contributed by atoms with Crippen LogP contribution in [0.15, 0.2) is 12.1 Å². The van der Waals surface area contributed by atoms with E-state index in [4.69, 9.17) is 4.74 Å². The Labute approximate surface area is 138 Å². The topological polar surface area (TPSA) is 46.5 Å². The molecule has 3 aliphatic carbocycles. The first kappa shape index (κ1) is 15.0. The summed E-state index contributed by atoms with van der Waals surface area (Å²) in [5.74, 6) is 3.91. The van der Waals surface area contributed by atoms with Gasteiger partial charge in [0.25, 0.3) is 0 Å². The van der Waals surface area contributed by atoms with Gasteiger partial charge in [-0.1, -0.05) is 6.92 Å². The highest BCUT2D eigenvalue weighted by Gasteiger charge is 2.50. The predicted octanol–water partition coefficient (Wildman–Crippen LogP) is 4.07. The Morgan fingerprint density at radius 1 is 1.22 bits per heavy atom. The number of phenols is 1. The molecule has 3 nitrogen and oxygen atoms in total. The Balaban J connectivity index is 1.72. The number of rotatable bonds is 2. The van der Waals surface area contributed by atoms with Gasteiger partial charge < -0.3 is 9.84 Å². The smallest absolute Gasteiger partial charge is 0.161 e. The fraction of sp³-hybridized carbons (Fsp3) is 0.650. The number of ether oxygens (including phenoxy) is 1. The van der Waals surface area contributed by atoms with Gasteiger partial charge in [-0.15, -0.1) is 0 Å². The number of carbonyl (C=O) groups excluding carboxylic acids is 1. The van der Waals surface area contributed by atoms with E-state index in [-0.39, 0.29) is 5.75 Å². The van der Waals surface area contributed by atoms with Crippen LogP contribution in [-0.4, -0.2) is 17.5 Å². The molecule has 1 N–H and O–H groups in total. The minimum Gasteiger partial charge on any atom is -0.504 e. The molecular formula is C20H26O3. The van der Waals surface area contributed by atoms with Crippen LogP contribution in [0.2, 0.25) is 0 Å². The van der Waals surface area contributed by atoms with Crippen LogP contribution in [0.5, 0.6) is 11.5 Å². The number of aromatic hydroxyl groups is 1. The SMILES string of the molecule is CCOc1cc2c(cc1O)CCC1C2C[C@@H](C)C2C(=O)CCC12. The van der Waals surface area contributed by atoms with Crippen LogP contribution in [-0.2, 0) is 11.2 Å². The fourth-order valence-corrected chi connectivity index (χ4v) is 5.69. The van der Waals surface area contributed by atoms with Gasteiger partial charge in [0.15, 0.2) is 11.5 Å². The lowest BCUT2D eigenvalue weighted by Crippen LogP contribution is -2.40. The quantitative estimate of drug-likeness (QED) is 0.895. The molecule has 4 rings (SSSR count). The molecule has 4 unspecified atom stereocenters. The number of fused-ring (bicyclic) bond motifs is 5. The van der Waals surface area contributed by atoms with Gasteiger partial charge >= 0.3 is 0 Å². The van der Waals surface area contributed by atoms with E-state index in [1.165, 1.54) is 11.1 Å². The van der Waals surface area contributed by atoms with Crippen LogP contribution in [0.1, 0.15) is 56.6 Å². The molecule has 124 valence electrons. The van der Waals surface area contributed by atoms with E-state index in [2.05, 4.69) is 13.0 Å². The maximum absolute atomic E-state index is 12.3. The van der Waals surface area contributed by atoms with Gasteiger partial charge in [-0.2, -0.15) is 0 Å². The summed E-state index contributed by atoms with van der Waals surface area (Å²) in [6.45, 7) is 4.77. The second-order valence-corrected chi connectivity index (χ2v) is 7.67. The Hall–Kier alpha value is -1.51. The van der Waals surface area contributed by atoms with Crippen LogP contribution in [0.4, 0.5) is 0 Å². The summed E-state index contributed by atoms with van der Waals surface area (Å²) in [4.78, 5) is 12.3. The van der Waals surface area contributed by atoms with Crippen molar-refractivity contribution in [3.05, 3.63) is 23.3 Å². The van der Waals surface area contributed by atoms with Crippen molar-refractivity contribution >= 4 is 5.78 Å². The maximum Gasteiger partial charge on any atom is 0.161 e. The minimum atomic E-state index is 0.266. The molecule has 0 aliphatic heterocycles. The molecule has 3 aliphatic rings. The van der Waals surface area contributed by atoms with Crippen LogP contribution in [0.25, 0.3) is 0 Å². The van der Waals surface area contributed by atoms with E-state index in [0.717, 1.165) is 32.1 Å². The molecule has 5 atom stereocenters. The van der Waals surface area contributed by atoms with Gasteiger partial charge in [0, 0.05) is 12.3 Å². The zero-order valence-electron chi connectivity index (χ0n) is 14.0. The molecule has 0 spiro atoms. The highest BCUT2D eigenvalue weighted by atomic mass is 16.5. The van der Waals surface area contributed by atoms with Crippen LogP contribution >= 0.6 is 0 Å². The van der Waals surface area contributed by atoms with Crippen molar-refractivity contribution in [2.45, 2.75) is 51.9 Å². The lowest BCUT2D eigenvalue weighted by Gasteiger charge is -2.46. The van der Waals surface area contributed by atoms with E-state index in [9.17, 15) is 9.90 Å². The molecular weight excluding hydrogens is 288 g/mol. The van der Waals surface area contributed by atoms with Gasteiger partial charge in [0.05, 0.1) is 6.61 Å². The molecule has 0 saturated heterocycles. The lowest BCUT2D eigenvalue weighted by atomic mass is 9.58. The normalized spacial score (nSPS) is 35.4. The van der Waals surface area contributed by atoms with Crippen molar-refractivity contribution in [3.63, 3.8) is 0 Å². The van der Waals surface area contributed by atoms with Crippen LogP contribution in [0, 0.1) is 23.7 Å². The third-order valence-electron chi connectivity index (χ3n) is 6.53. The third-order valence-corrected chi connectivity index (χ3v) is 6.53. The van der Waals surface area contributed by atoms with Gasteiger partial charge in [0.1, 0.15) is 5.78 Å². The molecule has 0 bridgehead atoms. The monoisotopic (exact) mass is 314 g/mol. The summed E-state index contributed by atoms with van der Waals surface area (Å²) >= 11 is 0. The second-order valence-electron chi connectivity index (χ2n) is 7.67. The maximum atomic E-state index is 12.3. The van der Waals surface area contributed by atoms with Crippen molar-refractivity contribution in [1.82, 2.24) is 0 Å². The summed E-state index contributed by atoms with van der Waals surface area (Å²) in [5.41, 5.74) is 2.65. The zero-order valence-corrected chi connectivity index (χ0v) is 14.0. The number of phenolic OH excluding ortho intramolecular Hbond substituents is 1. The molecule has 0 heterocycles. The minimum absolute atomic E-state index is 0.266. The van der Waals surface area contributed by atoms with Gasteiger partial charge in [-0.25, -0.2) is 0 Å². The number of hydrogen-bond acceptors (Lipinski definition) is 3. The van der Waals surface area contributed by atoms with Crippen molar-refractivity contribution in [1.29, 1.82) is 0 Å². The molecule has 0 radical (unpaired) electrons. The third kappa shape index (κ3) is 2.28. The average Bonchev–Trinajstić information content (AvgIpc) is 2.91. The summed E-state index contributed by atoms with van der Waals surface area (Å²) in [7, 11) is 0. The summed E-state index contributed by atoms with van der Waals surface area (Å²) in [5, 5.41) is 10.2. The number of ketones is 1. The first-order valence-electron chi connectivity index (χ1n) is 9.11. The van der Waals surface area contributed by atoms with E-state index >= 15 is 0 Å². The van der Waals surface area contributed by atoms with Crippen LogP contribution < -0.4 is 4.74 Å². The van der Waals surface area contributed by atoms with Crippen molar-refractivity contribution in [2.75, 3.05) is 6.61 Å². The summed E-state index contributed by atoms with van der Waals surface area (Å²) < 4.78 is 5.61. The number of Topliss-reactive ketones (excluding diaryl/α,β-unsaturated/α-hetero) is 1. The van der Waals surface area contributed by atoms with Gasteiger partial charge in [-0.05, 0) is 79.5 Å². The molecule has 1 aromatic carbocycles. The molecule has 2 saturated carbocycles.